The lowest BCUT2D eigenvalue weighted by molar-refractivity contribution is 0.299. The second-order valence-electron chi connectivity index (χ2n) is 5.56. The maximum absolute atomic E-state index is 12.3. The molecule has 124 valence electrons. The molecule has 0 saturated carbocycles. The monoisotopic (exact) mass is 353 g/mol. The third-order valence-corrected chi connectivity index (χ3v) is 5.20. The number of aryl methyl sites for hydroxylation is 1. The van der Waals surface area contributed by atoms with Crippen molar-refractivity contribution in [2.75, 3.05) is 20.6 Å². The van der Waals surface area contributed by atoms with Gasteiger partial charge in [0.1, 0.15) is 10.0 Å². The molecule has 2 aromatic rings. The largest absolute Gasteiger partial charge is 0.301 e. The van der Waals surface area contributed by atoms with Crippen LogP contribution in [-0.2, 0) is 10.0 Å². The van der Waals surface area contributed by atoms with Crippen LogP contribution in [0.25, 0.3) is 0 Å². The van der Waals surface area contributed by atoms with E-state index in [0.29, 0.717) is 0 Å². The SMILES string of the molecule is Cc1ccc(C(CNS(=O)(=O)c2ccc(Cl)nc2)N(C)C)cc1. The van der Waals surface area contributed by atoms with Crippen molar-refractivity contribution in [1.82, 2.24) is 14.6 Å². The summed E-state index contributed by atoms with van der Waals surface area (Å²) in [6.07, 6.45) is 1.25. The maximum Gasteiger partial charge on any atom is 0.242 e. The molecular formula is C16H20ClN3O2S. The molecule has 0 aliphatic rings. The van der Waals surface area contributed by atoms with Crippen LogP contribution in [0.15, 0.2) is 47.5 Å². The molecule has 7 heteroatoms. The Morgan fingerprint density at radius 1 is 1.17 bits per heavy atom. The van der Waals surface area contributed by atoms with Gasteiger partial charge >= 0.3 is 0 Å². The Bertz CT molecular complexity index is 744. The van der Waals surface area contributed by atoms with Gasteiger partial charge in [-0.05, 0) is 38.7 Å². The smallest absolute Gasteiger partial charge is 0.242 e. The fraction of sp³-hybridized carbons (Fsp3) is 0.312. The average molecular weight is 354 g/mol. The molecule has 0 fully saturated rings. The standard InChI is InChI=1S/C16H20ClN3O2S/c1-12-4-6-13(7-5-12)15(20(2)3)11-19-23(21,22)14-8-9-16(17)18-10-14/h4-10,15,19H,11H2,1-3H3. The number of hydrogen-bond donors (Lipinski definition) is 1. The van der Waals surface area contributed by atoms with Crippen molar-refractivity contribution in [1.29, 1.82) is 0 Å². The van der Waals surface area contributed by atoms with E-state index in [4.69, 9.17) is 11.6 Å². The van der Waals surface area contributed by atoms with Crippen LogP contribution in [0.5, 0.6) is 0 Å². The van der Waals surface area contributed by atoms with Crippen molar-refractivity contribution < 1.29 is 8.42 Å². The lowest BCUT2D eigenvalue weighted by Gasteiger charge is -2.25. The number of aromatic nitrogens is 1. The van der Waals surface area contributed by atoms with Crippen LogP contribution >= 0.6 is 11.6 Å². The highest BCUT2D eigenvalue weighted by Crippen LogP contribution is 2.19. The molecule has 2 rings (SSSR count). The minimum Gasteiger partial charge on any atom is -0.301 e. The first-order chi connectivity index (χ1) is 10.8. The van der Waals surface area contributed by atoms with Crippen molar-refractivity contribution in [3.63, 3.8) is 0 Å². The number of likely N-dealkylation sites (N-methyl/N-ethyl adjacent to an activating group) is 1. The van der Waals surface area contributed by atoms with Crippen molar-refractivity contribution >= 4 is 21.6 Å². The van der Waals surface area contributed by atoms with Gasteiger partial charge in [-0.3, -0.25) is 0 Å². The van der Waals surface area contributed by atoms with Gasteiger partial charge in [-0.1, -0.05) is 41.4 Å². The van der Waals surface area contributed by atoms with E-state index in [1.54, 1.807) is 0 Å². The van der Waals surface area contributed by atoms with Crippen LogP contribution in [0.2, 0.25) is 5.15 Å². The van der Waals surface area contributed by atoms with Gasteiger partial charge in [-0.25, -0.2) is 18.1 Å². The normalized spacial score (nSPS) is 13.3. The lowest BCUT2D eigenvalue weighted by atomic mass is 10.0. The molecule has 1 aromatic carbocycles. The summed E-state index contributed by atoms with van der Waals surface area (Å²) in [5, 5.41) is 0.259. The number of hydrogen-bond acceptors (Lipinski definition) is 4. The first-order valence-electron chi connectivity index (χ1n) is 7.14. The van der Waals surface area contributed by atoms with Gasteiger partial charge in [-0.15, -0.1) is 0 Å². The molecule has 5 nitrogen and oxygen atoms in total. The second kappa shape index (κ2) is 7.40. The first-order valence-corrected chi connectivity index (χ1v) is 9.00. The molecule has 0 aliphatic carbocycles. The molecule has 1 unspecified atom stereocenters. The molecule has 1 heterocycles. The molecule has 0 spiro atoms. The van der Waals surface area contributed by atoms with E-state index in [0.717, 1.165) is 5.56 Å². The zero-order valence-electron chi connectivity index (χ0n) is 13.3. The summed E-state index contributed by atoms with van der Waals surface area (Å²) >= 11 is 5.69. The van der Waals surface area contributed by atoms with Crippen molar-refractivity contribution in [3.05, 3.63) is 58.9 Å². The third kappa shape index (κ3) is 4.75. The number of rotatable bonds is 6. The van der Waals surface area contributed by atoms with Crippen molar-refractivity contribution in [2.45, 2.75) is 17.9 Å². The van der Waals surface area contributed by atoms with Crippen LogP contribution in [0, 0.1) is 6.92 Å². The van der Waals surface area contributed by atoms with Crippen LogP contribution in [0.1, 0.15) is 17.2 Å². The van der Waals surface area contributed by atoms with Gasteiger partial charge in [0.25, 0.3) is 0 Å². The van der Waals surface area contributed by atoms with E-state index in [-0.39, 0.29) is 22.6 Å². The Hall–Kier alpha value is -1.47. The van der Waals surface area contributed by atoms with E-state index >= 15 is 0 Å². The zero-order valence-corrected chi connectivity index (χ0v) is 14.9. The summed E-state index contributed by atoms with van der Waals surface area (Å²) in [7, 11) is 0.219. The summed E-state index contributed by atoms with van der Waals surface area (Å²) in [6, 6.07) is 10.9. The van der Waals surface area contributed by atoms with Gasteiger partial charge in [0.15, 0.2) is 0 Å². The van der Waals surface area contributed by atoms with Crippen LogP contribution in [-0.4, -0.2) is 38.9 Å². The van der Waals surface area contributed by atoms with E-state index in [1.165, 1.54) is 23.9 Å². The van der Waals surface area contributed by atoms with Crippen LogP contribution in [0.3, 0.4) is 0 Å². The van der Waals surface area contributed by atoms with Crippen LogP contribution < -0.4 is 4.72 Å². The molecule has 0 radical (unpaired) electrons. The fourth-order valence-electron chi connectivity index (χ4n) is 2.18. The Morgan fingerprint density at radius 3 is 2.35 bits per heavy atom. The number of benzene rings is 1. The van der Waals surface area contributed by atoms with Gasteiger partial charge in [0, 0.05) is 18.8 Å². The summed E-state index contributed by atoms with van der Waals surface area (Å²) in [5.41, 5.74) is 2.22. The second-order valence-corrected chi connectivity index (χ2v) is 7.71. The Balaban J connectivity index is 2.15. The van der Waals surface area contributed by atoms with Gasteiger partial charge < -0.3 is 4.90 Å². The summed E-state index contributed by atoms with van der Waals surface area (Å²) in [5.74, 6) is 0. The molecule has 0 saturated heterocycles. The van der Waals surface area contributed by atoms with Gasteiger partial charge in [-0.2, -0.15) is 0 Å². The number of sulfonamides is 1. The minimum atomic E-state index is -3.62. The molecule has 0 bridgehead atoms. The fourth-order valence-corrected chi connectivity index (χ4v) is 3.27. The van der Waals surface area contributed by atoms with Gasteiger partial charge in [0.05, 0.1) is 0 Å². The number of nitrogens with zero attached hydrogens (tertiary/aromatic N) is 2. The highest BCUT2D eigenvalue weighted by atomic mass is 35.5. The molecule has 0 amide bonds. The third-order valence-electron chi connectivity index (χ3n) is 3.56. The first kappa shape index (κ1) is 17.9. The molecule has 1 N–H and O–H groups in total. The van der Waals surface area contributed by atoms with Gasteiger partial charge in [0.2, 0.25) is 10.0 Å². The van der Waals surface area contributed by atoms with Crippen molar-refractivity contribution in [3.8, 4) is 0 Å². The van der Waals surface area contributed by atoms with Crippen molar-refractivity contribution in [2.24, 2.45) is 0 Å². The average Bonchev–Trinajstić information content (AvgIpc) is 2.49. The highest BCUT2D eigenvalue weighted by molar-refractivity contribution is 7.89. The molecular weight excluding hydrogens is 334 g/mol. The molecule has 1 atom stereocenters. The predicted molar refractivity (Wildman–Crippen MR) is 92.0 cm³/mol. The van der Waals surface area contributed by atoms with E-state index in [1.807, 2.05) is 50.2 Å². The zero-order chi connectivity index (χ0) is 17.0. The molecule has 1 aromatic heterocycles. The maximum atomic E-state index is 12.3. The molecule has 0 aliphatic heterocycles. The highest BCUT2D eigenvalue weighted by Gasteiger charge is 2.20. The predicted octanol–water partition coefficient (Wildman–Crippen LogP) is 2.62. The Labute approximate surface area is 142 Å². The lowest BCUT2D eigenvalue weighted by Crippen LogP contribution is -2.34. The number of pyridine rings is 1. The molecule has 23 heavy (non-hydrogen) atoms. The van der Waals surface area contributed by atoms with E-state index in [2.05, 4.69) is 9.71 Å². The van der Waals surface area contributed by atoms with E-state index < -0.39 is 10.0 Å². The summed E-state index contributed by atoms with van der Waals surface area (Å²) in [4.78, 5) is 5.89. The summed E-state index contributed by atoms with van der Waals surface area (Å²) < 4.78 is 27.3. The quantitative estimate of drug-likeness (QED) is 0.811. The minimum absolute atomic E-state index is 0.0642. The van der Waals surface area contributed by atoms with E-state index in [9.17, 15) is 8.42 Å². The summed E-state index contributed by atoms with van der Waals surface area (Å²) in [6.45, 7) is 2.28. The Morgan fingerprint density at radius 2 is 1.83 bits per heavy atom. The number of nitrogens with one attached hydrogen (secondary N) is 1. The Kier molecular flexibility index (Phi) is 5.75. The van der Waals surface area contributed by atoms with Crippen LogP contribution in [0.4, 0.5) is 0 Å². The number of halogens is 1. The topological polar surface area (TPSA) is 62.3 Å².